The van der Waals surface area contributed by atoms with E-state index in [1.807, 2.05) is 38.0 Å². The third-order valence-corrected chi connectivity index (χ3v) is 9.81. The molecular weight excluding hydrogens is 452 g/mol. The highest BCUT2D eigenvalue weighted by atomic mass is 32.2. The number of sulfone groups is 2. The van der Waals surface area contributed by atoms with Crippen molar-refractivity contribution in [2.45, 2.75) is 37.8 Å². The van der Waals surface area contributed by atoms with E-state index in [2.05, 4.69) is 9.80 Å². The Bertz CT molecular complexity index is 748. The molecule has 2 aliphatic rings. The average Bonchev–Trinajstić information content (AvgIpc) is 3.20. The zero-order valence-electron chi connectivity index (χ0n) is 20.2. The van der Waals surface area contributed by atoms with E-state index in [1.165, 1.54) is 0 Å². The summed E-state index contributed by atoms with van der Waals surface area (Å²) in [5, 5.41) is 0. The molecule has 0 aromatic carbocycles. The number of ketones is 1. The van der Waals surface area contributed by atoms with Crippen molar-refractivity contribution in [3.05, 3.63) is 0 Å². The van der Waals surface area contributed by atoms with E-state index in [0.717, 1.165) is 25.9 Å². The third-order valence-electron chi connectivity index (χ3n) is 6.31. The van der Waals surface area contributed by atoms with Crippen LogP contribution in [0.4, 0.5) is 0 Å². The lowest BCUT2D eigenvalue weighted by molar-refractivity contribution is -0.122. The smallest absolute Gasteiger partial charge is 0.160 e. The molecule has 0 aromatic heterocycles. The van der Waals surface area contributed by atoms with Gasteiger partial charge in [0.05, 0.1) is 36.1 Å². The fourth-order valence-electron chi connectivity index (χ4n) is 4.59. The number of Topliss-reactive ketones (excluding diaryl/α,β-unsaturated/α-hetero) is 1. The molecule has 0 unspecified atom stereocenters. The second-order valence-corrected chi connectivity index (χ2v) is 14.4. The van der Waals surface area contributed by atoms with E-state index >= 15 is 0 Å². The van der Waals surface area contributed by atoms with Gasteiger partial charge in [0.2, 0.25) is 0 Å². The molecule has 0 radical (unpaired) electrons. The highest BCUT2D eigenvalue weighted by Crippen LogP contribution is 2.20. The van der Waals surface area contributed by atoms with Crippen molar-refractivity contribution >= 4 is 25.5 Å². The zero-order valence-corrected chi connectivity index (χ0v) is 21.8. The highest BCUT2D eigenvalue weighted by molar-refractivity contribution is 7.91. The van der Waals surface area contributed by atoms with Gasteiger partial charge in [-0.15, -0.1) is 0 Å². The number of carbonyl (C=O) groups excluding carboxylic acids is 1. The first kappa shape index (κ1) is 27.7. The predicted octanol–water partition coefficient (Wildman–Crippen LogP) is -0.563. The Morgan fingerprint density at radius 1 is 0.688 bits per heavy atom. The first-order chi connectivity index (χ1) is 14.9. The van der Waals surface area contributed by atoms with Crippen molar-refractivity contribution in [2.75, 3.05) is 90.5 Å². The molecule has 2 heterocycles. The lowest BCUT2D eigenvalue weighted by Crippen LogP contribution is -2.46. The van der Waals surface area contributed by atoms with Crippen molar-refractivity contribution in [3.63, 3.8) is 0 Å². The number of hydrogen-bond acceptors (Lipinski definition) is 9. The molecule has 2 atom stereocenters. The molecule has 0 amide bonds. The lowest BCUT2D eigenvalue weighted by Gasteiger charge is -2.31. The first-order valence-electron chi connectivity index (χ1n) is 11.6. The largest absolute Gasteiger partial charge is 0.309 e. The SMILES string of the molecule is CN(C)CCCN(CC(=O)CN(CCCN(C)C)[C@@H]1CCS(=O)(=O)C1)[C@@H]1CCS(=O)(=O)C1. The molecule has 0 bridgehead atoms. The molecule has 2 saturated heterocycles. The molecule has 11 heteroatoms. The molecule has 0 aliphatic carbocycles. The van der Waals surface area contributed by atoms with Crippen molar-refractivity contribution in [3.8, 4) is 0 Å². The van der Waals surface area contributed by atoms with E-state index in [-0.39, 0.29) is 54.0 Å². The molecule has 188 valence electrons. The quantitative estimate of drug-likeness (QED) is 0.315. The fraction of sp³-hybridized carbons (Fsp3) is 0.952. The minimum absolute atomic E-state index is 0.0355. The van der Waals surface area contributed by atoms with Crippen LogP contribution in [0.25, 0.3) is 0 Å². The Labute approximate surface area is 194 Å². The third kappa shape index (κ3) is 9.72. The number of rotatable bonds is 14. The van der Waals surface area contributed by atoms with E-state index in [9.17, 15) is 21.6 Å². The average molecular weight is 495 g/mol. The maximum Gasteiger partial charge on any atom is 0.160 e. The van der Waals surface area contributed by atoms with Gasteiger partial charge in [-0.1, -0.05) is 0 Å². The van der Waals surface area contributed by atoms with Crippen LogP contribution in [0.3, 0.4) is 0 Å². The van der Waals surface area contributed by atoms with Gasteiger partial charge in [0.25, 0.3) is 0 Å². The van der Waals surface area contributed by atoms with Gasteiger partial charge in [-0.2, -0.15) is 0 Å². The van der Waals surface area contributed by atoms with Crippen molar-refractivity contribution in [1.82, 2.24) is 19.6 Å². The summed E-state index contributed by atoms with van der Waals surface area (Å²) in [4.78, 5) is 21.3. The van der Waals surface area contributed by atoms with Gasteiger partial charge >= 0.3 is 0 Å². The molecule has 0 saturated carbocycles. The maximum absolute atomic E-state index is 13.1. The van der Waals surface area contributed by atoms with Gasteiger partial charge in [0.1, 0.15) is 0 Å². The van der Waals surface area contributed by atoms with Crippen LogP contribution in [0, 0.1) is 0 Å². The van der Waals surface area contributed by atoms with Crippen LogP contribution in [-0.4, -0.2) is 145 Å². The highest BCUT2D eigenvalue weighted by Gasteiger charge is 2.35. The first-order valence-corrected chi connectivity index (χ1v) is 15.2. The molecule has 32 heavy (non-hydrogen) atoms. The van der Waals surface area contributed by atoms with E-state index in [1.54, 1.807) is 0 Å². The van der Waals surface area contributed by atoms with Gasteiger partial charge in [-0.3, -0.25) is 14.6 Å². The summed E-state index contributed by atoms with van der Waals surface area (Å²) >= 11 is 0. The predicted molar refractivity (Wildman–Crippen MR) is 129 cm³/mol. The van der Waals surface area contributed by atoms with Crippen LogP contribution in [0.5, 0.6) is 0 Å². The minimum atomic E-state index is -3.03. The van der Waals surface area contributed by atoms with E-state index in [0.29, 0.717) is 25.9 Å². The molecule has 0 N–H and O–H groups in total. The normalized spacial score (nSPS) is 24.9. The number of hydrogen-bond donors (Lipinski definition) is 0. The van der Waals surface area contributed by atoms with Crippen molar-refractivity contribution < 1.29 is 21.6 Å². The Balaban J connectivity index is 2.01. The summed E-state index contributed by atoms with van der Waals surface area (Å²) in [5.41, 5.74) is 0. The van der Waals surface area contributed by atoms with Crippen LogP contribution >= 0.6 is 0 Å². The number of carbonyl (C=O) groups is 1. The molecule has 2 aliphatic heterocycles. The molecule has 9 nitrogen and oxygen atoms in total. The van der Waals surface area contributed by atoms with Crippen molar-refractivity contribution in [2.24, 2.45) is 0 Å². The van der Waals surface area contributed by atoms with Gasteiger partial charge in [0, 0.05) is 25.2 Å². The summed E-state index contributed by atoms with van der Waals surface area (Å²) < 4.78 is 48.0. The van der Waals surface area contributed by atoms with E-state index in [4.69, 9.17) is 0 Å². The zero-order chi connectivity index (χ0) is 23.9. The van der Waals surface area contributed by atoms with Gasteiger partial charge in [0.15, 0.2) is 25.5 Å². The maximum atomic E-state index is 13.1. The molecule has 2 fully saturated rings. The van der Waals surface area contributed by atoms with Crippen LogP contribution < -0.4 is 0 Å². The summed E-state index contributed by atoms with van der Waals surface area (Å²) in [6.07, 6.45) is 2.88. The lowest BCUT2D eigenvalue weighted by atomic mass is 10.1. The molecular formula is C21H42N4O5S2. The van der Waals surface area contributed by atoms with Crippen LogP contribution in [0.2, 0.25) is 0 Å². The second kappa shape index (κ2) is 12.2. The monoisotopic (exact) mass is 494 g/mol. The van der Waals surface area contributed by atoms with Crippen LogP contribution in [-0.2, 0) is 24.5 Å². The van der Waals surface area contributed by atoms with Gasteiger partial charge in [-0.25, -0.2) is 16.8 Å². The number of nitrogens with zero attached hydrogens (tertiary/aromatic N) is 4. The second-order valence-electron chi connectivity index (χ2n) is 9.91. The Hall–Kier alpha value is -0.590. The summed E-state index contributed by atoms with van der Waals surface area (Å²) in [5.74, 6) is 0.651. The fourth-order valence-corrected chi connectivity index (χ4v) is 8.11. The minimum Gasteiger partial charge on any atom is -0.309 e. The van der Waals surface area contributed by atoms with Crippen molar-refractivity contribution in [1.29, 1.82) is 0 Å². The van der Waals surface area contributed by atoms with Gasteiger partial charge in [-0.05, 0) is 67.0 Å². The molecule has 0 spiro atoms. The Kier molecular flexibility index (Phi) is 10.6. The summed E-state index contributed by atoms with van der Waals surface area (Å²) in [6, 6.07) is -0.222. The van der Waals surface area contributed by atoms with Gasteiger partial charge < -0.3 is 9.80 Å². The molecule has 2 rings (SSSR count). The Morgan fingerprint density at radius 3 is 1.34 bits per heavy atom. The molecule has 0 aromatic rings. The summed E-state index contributed by atoms with van der Waals surface area (Å²) in [6.45, 7) is 3.56. The van der Waals surface area contributed by atoms with Crippen LogP contribution in [0.15, 0.2) is 0 Å². The van der Waals surface area contributed by atoms with Crippen LogP contribution in [0.1, 0.15) is 25.7 Å². The summed E-state index contributed by atoms with van der Waals surface area (Å²) in [7, 11) is 1.92. The Morgan fingerprint density at radius 2 is 1.06 bits per heavy atom. The standard InChI is InChI=1S/C21H42N4O5S2/c1-22(2)9-5-11-24(19-7-13-31(27,28)17-19)15-21(26)16-25(12-6-10-23(3)4)20-8-14-32(29,30)18-20/h19-20H,5-18H2,1-4H3/t19-,20-/m1/s1. The van der Waals surface area contributed by atoms with E-state index < -0.39 is 19.7 Å². The topological polar surface area (TPSA) is 98.3 Å².